The fraction of sp³-hybridized carbons (Fsp3) is 0.206. The van der Waals surface area contributed by atoms with Crippen LogP contribution in [0.5, 0.6) is 0 Å². The molecule has 0 saturated heterocycles. The number of para-hydroxylation sites is 1. The number of imidazole rings is 3. The molecule has 21 nitrogen and oxygen atoms in total. The molecule has 14 aromatic rings. The van der Waals surface area contributed by atoms with Gasteiger partial charge in [-0.05, 0) is 149 Å². The molecule has 1 fully saturated rings. The Kier molecular flexibility index (Phi) is 19.6. The molecule has 0 unspecified atom stereocenters. The highest BCUT2D eigenvalue weighted by atomic mass is 32.1. The number of pyridine rings is 3. The van der Waals surface area contributed by atoms with Gasteiger partial charge in [0.05, 0.1) is 64.6 Å². The van der Waals surface area contributed by atoms with Gasteiger partial charge >= 0.3 is 0 Å². The number of halogens is 1. The van der Waals surface area contributed by atoms with Gasteiger partial charge in [-0.2, -0.15) is 40.5 Å². The Bertz CT molecular complexity index is 5260. The molecule has 3 atom stereocenters. The number of H-pyrrole nitrogens is 3. The number of nitrogens with one attached hydrogen (secondary N) is 6. The fourth-order valence-electron chi connectivity index (χ4n) is 12.1. The number of aromatic nitrogens is 15. The summed E-state index contributed by atoms with van der Waals surface area (Å²) in [6.45, 7) is 13.9. The third-order valence-corrected chi connectivity index (χ3v) is 16.8. The van der Waals surface area contributed by atoms with Crippen molar-refractivity contribution in [3.8, 4) is 11.4 Å². The first-order valence-electron chi connectivity index (χ1n) is 29.7. The molecule has 0 spiro atoms. The average Bonchev–Trinajstić information content (AvgIpc) is 1.47. The van der Waals surface area contributed by atoms with Crippen LogP contribution < -0.4 is 32.6 Å². The summed E-state index contributed by atoms with van der Waals surface area (Å²) >= 11 is 0. The van der Waals surface area contributed by atoms with E-state index in [4.69, 9.17) is 0 Å². The van der Waals surface area contributed by atoms with Gasteiger partial charge in [-0.25, -0.2) is 49.2 Å². The third-order valence-electron chi connectivity index (χ3n) is 16.8. The summed E-state index contributed by atoms with van der Waals surface area (Å²) in [4.78, 5) is 88.0. The van der Waals surface area contributed by atoms with Crippen molar-refractivity contribution < 1.29 is 4.39 Å². The van der Waals surface area contributed by atoms with Crippen LogP contribution in [0.25, 0.3) is 77.2 Å². The minimum atomic E-state index is -0.407. The van der Waals surface area contributed by atoms with E-state index in [2.05, 4.69) is 94.8 Å². The summed E-state index contributed by atoms with van der Waals surface area (Å²) < 4.78 is 19.4. The maximum absolute atomic E-state index is 14.0. The maximum Gasteiger partial charge on any atom is 0.263 e. The molecule has 6 N–H and O–H groups in total. The Balaban J connectivity index is 0.000000150. The molecule has 0 amide bonds. The van der Waals surface area contributed by atoms with E-state index >= 15 is 0 Å². The Morgan fingerprint density at radius 1 is 0.452 bits per heavy atom. The van der Waals surface area contributed by atoms with Crippen molar-refractivity contribution in [1.82, 2.24) is 73.5 Å². The SMILES string of the molecule is Cc1cccc2cc([C@H](C)Nc3ncnc4nc[nH]c34)n(-c3cccc(F)c3)c(=O)c12.Cc1cccc2cc([C@H](C)Nc3ncnc4nc[nH]c34)n(C3CCC3)c(=O)c12.Cc1ccccc1-n1c([C@H](C)Nc2ncnc3nc[nH]c23)cc2cccc(C)c2c1=O.S.S.S. The van der Waals surface area contributed by atoms with Crippen LogP contribution in [0.3, 0.4) is 0 Å². The first kappa shape index (κ1) is 65.7. The maximum atomic E-state index is 14.0. The molecule has 0 bridgehead atoms. The van der Waals surface area contributed by atoms with Crippen LogP contribution in [0.4, 0.5) is 21.8 Å². The van der Waals surface area contributed by atoms with Gasteiger partial charge in [-0.15, -0.1) is 0 Å². The Hall–Kier alpha value is -10.2. The number of nitrogens with zero attached hydrogens (tertiary/aromatic N) is 12. The van der Waals surface area contributed by atoms with E-state index in [0.717, 1.165) is 90.1 Å². The summed E-state index contributed by atoms with van der Waals surface area (Å²) in [6, 6.07) is 37.5. The molecule has 15 rings (SSSR count). The van der Waals surface area contributed by atoms with E-state index < -0.39 is 5.82 Å². The zero-order valence-corrected chi connectivity index (χ0v) is 54.9. The molecule has 5 aromatic carbocycles. The highest BCUT2D eigenvalue weighted by Crippen LogP contribution is 2.36. The predicted octanol–water partition coefficient (Wildman–Crippen LogP) is 12.9. The summed E-state index contributed by atoms with van der Waals surface area (Å²) in [5.41, 5.74) is 11.6. The number of aromatic amines is 3. The van der Waals surface area contributed by atoms with Crippen molar-refractivity contribution >= 4 is 124 Å². The quantitative estimate of drug-likeness (QED) is 0.0664. The lowest BCUT2D eigenvalue weighted by Gasteiger charge is -2.32. The molecule has 1 aliphatic carbocycles. The van der Waals surface area contributed by atoms with Gasteiger partial charge in [-0.1, -0.05) is 78.9 Å². The third kappa shape index (κ3) is 12.7. The molecule has 1 aliphatic rings. The van der Waals surface area contributed by atoms with Crippen molar-refractivity contribution in [1.29, 1.82) is 0 Å². The number of aryl methyl sites for hydroxylation is 4. The predicted molar refractivity (Wildman–Crippen MR) is 381 cm³/mol. The van der Waals surface area contributed by atoms with Gasteiger partial charge in [-0.3, -0.25) is 23.5 Å². The van der Waals surface area contributed by atoms with Crippen LogP contribution in [0.15, 0.2) is 174 Å². The standard InChI is InChI=1S/C24H22N6O.C23H19FN6O.C21H22N6O.3H2S/c1-14-7-4-5-10-18(14)30-19(11-17-9-6-8-15(2)20(17)24(30)31)16(3)29-23-21-22(26-12-25-21)27-13-28-23;1-13-5-3-6-15-9-18(14(2)29-22-20-21(26-11-25-20)27-12-28-22)30(23(31)19(13)15)17-8-4-7-16(24)10-17;1-12-5-3-6-14-9-16(27(15-7-4-8-15)21(28)17(12)14)13(2)26-20-18-19(23-10-22-18)24-11-25-20;;;/h4-13,16H,1-3H3,(H2,25,26,27,28,29);3-12,14H,1-2H3,(H2,25,26,27,28,29);3,5-6,9-11,13,15H,4,7-8H2,1-2H3,(H2,22,23,24,25,26);3*1H2/t16-;14-;13-;;;/m000.../s1. The van der Waals surface area contributed by atoms with Gasteiger partial charge in [0.25, 0.3) is 16.7 Å². The number of hydrogen-bond donors (Lipinski definition) is 6. The van der Waals surface area contributed by atoms with Crippen molar-refractivity contribution in [3.05, 3.63) is 236 Å². The molecule has 9 heterocycles. The number of benzene rings is 5. The molecule has 0 aliphatic heterocycles. The summed E-state index contributed by atoms with van der Waals surface area (Å²) in [6.07, 6.45) is 12.4. The minimum absolute atomic E-state index is 0. The van der Waals surface area contributed by atoms with Gasteiger partial charge in [0.1, 0.15) is 41.3 Å². The normalized spacial score (nSPS) is 12.9. The molecule has 0 radical (unpaired) electrons. The van der Waals surface area contributed by atoms with Crippen LogP contribution >= 0.6 is 40.5 Å². The van der Waals surface area contributed by atoms with E-state index in [9.17, 15) is 18.8 Å². The van der Waals surface area contributed by atoms with E-state index in [-0.39, 0.29) is 81.3 Å². The molecule has 9 aromatic heterocycles. The molecule has 93 heavy (non-hydrogen) atoms. The first-order valence-corrected chi connectivity index (χ1v) is 29.7. The zero-order valence-electron chi connectivity index (χ0n) is 51.9. The molecule has 474 valence electrons. The van der Waals surface area contributed by atoms with Gasteiger partial charge in [0.15, 0.2) is 34.4 Å². The topological polar surface area (TPSA) is 265 Å². The van der Waals surface area contributed by atoms with Crippen LogP contribution in [-0.4, -0.2) is 73.5 Å². The number of fused-ring (bicyclic) bond motifs is 6. The molecular formula is C68H69FN18O3S3. The number of rotatable bonds is 12. The van der Waals surface area contributed by atoms with Crippen molar-refractivity contribution in [2.24, 2.45) is 0 Å². The number of anilines is 3. The van der Waals surface area contributed by atoms with Crippen molar-refractivity contribution in [2.45, 2.75) is 91.9 Å². The van der Waals surface area contributed by atoms with Crippen LogP contribution in [0, 0.1) is 33.5 Å². The second kappa shape index (κ2) is 27.7. The minimum Gasteiger partial charge on any atom is -0.360 e. The second-order valence-corrected chi connectivity index (χ2v) is 22.7. The fourth-order valence-corrected chi connectivity index (χ4v) is 12.1. The lowest BCUT2D eigenvalue weighted by Crippen LogP contribution is -2.33. The second-order valence-electron chi connectivity index (χ2n) is 22.7. The van der Waals surface area contributed by atoms with E-state index in [1.807, 2.05) is 136 Å². The number of hydrogen-bond acceptors (Lipinski definition) is 15. The van der Waals surface area contributed by atoms with Crippen LogP contribution in [0.2, 0.25) is 0 Å². The highest BCUT2D eigenvalue weighted by molar-refractivity contribution is 7.59. The lowest BCUT2D eigenvalue weighted by molar-refractivity contribution is 0.298. The Morgan fingerprint density at radius 3 is 1.29 bits per heavy atom. The Morgan fingerprint density at radius 2 is 0.849 bits per heavy atom. The average molecular weight is 1300 g/mol. The largest absolute Gasteiger partial charge is 0.360 e. The van der Waals surface area contributed by atoms with Gasteiger partial charge < -0.3 is 35.5 Å². The van der Waals surface area contributed by atoms with Gasteiger partial charge in [0, 0.05) is 23.1 Å². The van der Waals surface area contributed by atoms with Crippen molar-refractivity contribution in [3.63, 3.8) is 0 Å². The molecule has 25 heteroatoms. The van der Waals surface area contributed by atoms with Crippen molar-refractivity contribution in [2.75, 3.05) is 16.0 Å². The van der Waals surface area contributed by atoms with Crippen LogP contribution in [0.1, 0.15) is 104 Å². The van der Waals surface area contributed by atoms with E-state index in [1.165, 1.54) is 37.5 Å². The van der Waals surface area contributed by atoms with Gasteiger partial charge in [0.2, 0.25) is 0 Å². The summed E-state index contributed by atoms with van der Waals surface area (Å²) in [7, 11) is 0. The Labute approximate surface area is 553 Å². The molecule has 1 saturated carbocycles. The highest BCUT2D eigenvalue weighted by Gasteiger charge is 2.28. The van der Waals surface area contributed by atoms with Crippen LogP contribution in [-0.2, 0) is 0 Å². The summed E-state index contributed by atoms with van der Waals surface area (Å²) in [5, 5.41) is 15.1. The smallest absolute Gasteiger partial charge is 0.263 e. The molecular weight excluding hydrogens is 1230 g/mol. The monoisotopic (exact) mass is 1300 g/mol. The zero-order chi connectivity index (χ0) is 62.3. The van der Waals surface area contributed by atoms with E-state index in [1.54, 1.807) is 35.7 Å². The lowest BCUT2D eigenvalue weighted by atomic mass is 9.91. The summed E-state index contributed by atoms with van der Waals surface area (Å²) in [5.74, 6) is 1.49. The van der Waals surface area contributed by atoms with E-state index in [0.29, 0.717) is 56.7 Å². The first-order chi connectivity index (χ1) is 43.7.